The lowest BCUT2D eigenvalue weighted by Gasteiger charge is -2.36. The van der Waals surface area contributed by atoms with E-state index in [4.69, 9.17) is 4.74 Å². The number of carbonyl (C=O) groups excluding carboxylic acids is 1. The van der Waals surface area contributed by atoms with Crippen molar-refractivity contribution < 1.29 is 13.9 Å². The zero-order valence-electron chi connectivity index (χ0n) is 14.8. The number of amides is 1. The molecule has 0 N–H and O–H groups in total. The van der Waals surface area contributed by atoms with E-state index in [1.807, 2.05) is 12.1 Å². The summed E-state index contributed by atoms with van der Waals surface area (Å²) in [6, 6.07) is 9.56. The molecule has 1 aromatic carbocycles. The molecule has 0 saturated carbocycles. The van der Waals surface area contributed by atoms with Crippen molar-refractivity contribution in [3.8, 4) is 5.75 Å². The van der Waals surface area contributed by atoms with Crippen LogP contribution in [0.2, 0.25) is 0 Å². The Balaban J connectivity index is 1.35. The number of fused-ring (bicyclic) bond motifs is 1. The first kappa shape index (κ1) is 17.2. The normalized spacial score (nSPS) is 15.8. The second kappa shape index (κ2) is 7.18. The summed E-state index contributed by atoms with van der Waals surface area (Å²) in [7, 11) is 0. The number of rotatable bonds is 4. The highest BCUT2D eigenvalue weighted by Crippen LogP contribution is 2.17. The summed E-state index contributed by atoms with van der Waals surface area (Å²) in [5, 5.41) is 12.2. The maximum Gasteiger partial charge on any atom is 0.263 e. The standard InChI is InChI=1S/C18H19FN6O2/c1-13(27-15-4-2-3-14(19)11-15)18(26)24-9-7-23(8-10-24)17-6-5-16-21-20-12-25(16)22-17/h2-6,11-13H,7-10H2,1H3. The number of halogens is 1. The molecule has 0 spiro atoms. The summed E-state index contributed by atoms with van der Waals surface area (Å²) >= 11 is 0. The minimum absolute atomic E-state index is 0.110. The van der Waals surface area contributed by atoms with Gasteiger partial charge in [-0.25, -0.2) is 4.39 Å². The number of piperazine rings is 1. The molecule has 9 heteroatoms. The van der Waals surface area contributed by atoms with Crippen LogP contribution in [0.4, 0.5) is 10.2 Å². The molecule has 0 bridgehead atoms. The van der Waals surface area contributed by atoms with Crippen LogP contribution in [-0.4, -0.2) is 62.9 Å². The Hall–Kier alpha value is -3.23. The molecule has 1 unspecified atom stereocenters. The smallest absolute Gasteiger partial charge is 0.263 e. The molecule has 1 amide bonds. The number of aromatic nitrogens is 4. The zero-order valence-corrected chi connectivity index (χ0v) is 14.8. The van der Waals surface area contributed by atoms with Gasteiger partial charge in [-0.05, 0) is 31.2 Å². The fraction of sp³-hybridized carbons (Fsp3) is 0.333. The molecular weight excluding hydrogens is 351 g/mol. The van der Waals surface area contributed by atoms with Gasteiger partial charge in [-0.3, -0.25) is 4.79 Å². The Labute approximate surface area is 155 Å². The zero-order chi connectivity index (χ0) is 18.8. The first-order chi connectivity index (χ1) is 13.1. The Kier molecular flexibility index (Phi) is 4.57. The van der Waals surface area contributed by atoms with Gasteiger partial charge >= 0.3 is 0 Å². The molecule has 1 atom stereocenters. The second-order valence-corrected chi connectivity index (χ2v) is 6.36. The van der Waals surface area contributed by atoms with Crippen LogP contribution in [0.1, 0.15) is 6.92 Å². The van der Waals surface area contributed by atoms with Crippen LogP contribution in [0, 0.1) is 5.82 Å². The van der Waals surface area contributed by atoms with Gasteiger partial charge in [0.1, 0.15) is 23.7 Å². The van der Waals surface area contributed by atoms with Crippen molar-refractivity contribution in [3.63, 3.8) is 0 Å². The minimum Gasteiger partial charge on any atom is -0.481 e. The Morgan fingerprint density at radius 3 is 2.78 bits per heavy atom. The SMILES string of the molecule is CC(Oc1cccc(F)c1)C(=O)N1CCN(c2ccc3nncn3n2)CC1. The molecule has 0 radical (unpaired) electrons. The van der Waals surface area contributed by atoms with E-state index in [-0.39, 0.29) is 5.91 Å². The minimum atomic E-state index is -0.676. The van der Waals surface area contributed by atoms with E-state index in [2.05, 4.69) is 20.2 Å². The highest BCUT2D eigenvalue weighted by molar-refractivity contribution is 5.81. The average molecular weight is 370 g/mol. The largest absolute Gasteiger partial charge is 0.481 e. The number of nitrogens with zero attached hydrogens (tertiary/aromatic N) is 6. The van der Waals surface area contributed by atoms with Gasteiger partial charge in [-0.2, -0.15) is 4.52 Å². The molecule has 8 nitrogen and oxygen atoms in total. The number of benzene rings is 1. The molecule has 4 rings (SSSR count). The van der Waals surface area contributed by atoms with E-state index in [9.17, 15) is 9.18 Å². The molecule has 1 aliphatic heterocycles. The predicted octanol–water partition coefficient (Wildman–Crippen LogP) is 1.38. The van der Waals surface area contributed by atoms with E-state index in [1.165, 1.54) is 12.1 Å². The molecule has 140 valence electrons. The molecule has 3 aromatic rings. The topological polar surface area (TPSA) is 75.9 Å². The Morgan fingerprint density at radius 2 is 2.00 bits per heavy atom. The highest BCUT2D eigenvalue weighted by atomic mass is 19.1. The van der Waals surface area contributed by atoms with Crippen LogP contribution in [0.25, 0.3) is 5.65 Å². The van der Waals surface area contributed by atoms with Crippen LogP contribution in [-0.2, 0) is 4.79 Å². The van der Waals surface area contributed by atoms with Crippen molar-refractivity contribution in [3.05, 3.63) is 48.5 Å². The van der Waals surface area contributed by atoms with E-state index in [0.717, 1.165) is 5.82 Å². The molecule has 27 heavy (non-hydrogen) atoms. The number of hydrogen-bond donors (Lipinski definition) is 0. The molecule has 1 fully saturated rings. The lowest BCUT2D eigenvalue weighted by Crippen LogP contribution is -2.52. The van der Waals surface area contributed by atoms with Crippen molar-refractivity contribution in [1.29, 1.82) is 0 Å². The third-order valence-electron chi connectivity index (χ3n) is 4.52. The lowest BCUT2D eigenvalue weighted by atomic mass is 10.2. The number of carbonyl (C=O) groups is 1. The molecule has 2 aromatic heterocycles. The summed E-state index contributed by atoms with van der Waals surface area (Å²) in [5.74, 6) is 0.666. The fourth-order valence-corrected chi connectivity index (χ4v) is 3.09. The molecule has 1 saturated heterocycles. The van der Waals surface area contributed by atoms with Gasteiger partial charge in [0.2, 0.25) is 0 Å². The van der Waals surface area contributed by atoms with Gasteiger partial charge in [0, 0.05) is 32.2 Å². The van der Waals surface area contributed by atoms with Crippen LogP contribution in [0.3, 0.4) is 0 Å². The summed E-state index contributed by atoms with van der Waals surface area (Å²) in [6.45, 7) is 4.15. The second-order valence-electron chi connectivity index (χ2n) is 6.36. The van der Waals surface area contributed by atoms with Crippen LogP contribution < -0.4 is 9.64 Å². The van der Waals surface area contributed by atoms with Gasteiger partial charge in [-0.1, -0.05) is 6.07 Å². The summed E-state index contributed by atoms with van der Waals surface area (Å²) in [5.41, 5.74) is 0.691. The van der Waals surface area contributed by atoms with Gasteiger partial charge in [0.15, 0.2) is 11.8 Å². The quantitative estimate of drug-likeness (QED) is 0.691. The predicted molar refractivity (Wildman–Crippen MR) is 96.1 cm³/mol. The number of hydrogen-bond acceptors (Lipinski definition) is 6. The third-order valence-corrected chi connectivity index (χ3v) is 4.52. The molecule has 1 aliphatic rings. The van der Waals surface area contributed by atoms with Crippen molar-refractivity contribution in [2.75, 3.05) is 31.1 Å². The van der Waals surface area contributed by atoms with Crippen molar-refractivity contribution in [2.24, 2.45) is 0 Å². The monoisotopic (exact) mass is 370 g/mol. The van der Waals surface area contributed by atoms with E-state index >= 15 is 0 Å². The maximum atomic E-state index is 13.3. The first-order valence-corrected chi connectivity index (χ1v) is 8.73. The van der Waals surface area contributed by atoms with Crippen LogP contribution >= 0.6 is 0 Å². The van der Waals surface area contributed by atoms with Crippen molar-refractivity contribution in [1.82, 2.24) is 24.7 Å². The average Bonchev–Trinajstić information content (AvgIpc) is 3.15. The third kappa shape index (κ3) is 3.67. The van der Waals surface area contributed by atoms with Crippen LogP contribution in [0.15, 0.2) is 42.7 Å². The van der Waals surface area contributed by atoms with Crippen molar-refractivity contribution >= 4 is 17.4 Å². The lowest BCUT2D eigenvalue weighted by molar-refractivity contribution is -0.138. The molecule has 0 aliphatic carbocycles. The van der Waals surface area contributed by atoms with Crippen molar-refractivity contribution in [2.45, 2.75) is 13.0 Å². The summed E-state index contributed by atoms with van der Waals surface area (Å²) in [4.78, 5) is 16.5. The van der Waals surface area contributed by atoms with Gasteiger partial charge in [-0.15, -0.1) is 15.3 Å². The summed E-state index contributed by atoms with van der Waals surface area (Å²) < 4.78 is 20.5. The number of anilines is 1. The molecular formula is C18H19FN6O2. The molecule has 3 heterocycles. The van der Waals surface area contributed by atoms with Gasteiger partial charge < -0.3 is 14.5 Å². The number of ether oxygens (including phenoxy) is 1. The maximum absolute atomic E-state index is 13.3. The van der Waals surface area contributed by atoms with Gasteiger partial charge in [0.05, 0.1) is 0 Å². The van der Waals surface area contributed by atoms with Gasteiger partial charge in [0.25, 0.3) is 5.91 Å². The van der Waals surface area contributed by atoms with Crippen LogP contribution in [0.5, 0.6) is 5.75 Å². The van der Waals surface area contributed by atoms with E-state index in [1.54, 1.807) is 34.8 Å². The van der Waals surface area contributed by atoms with E-state index < -0.39 is 11.9 Å². The first-order valence-electron chi connectivity index (χ1n) is 8.73. The van der Waals surface area contributed by atoms with E-state index in [0.29, 0.717) is 37.6 Å². The fourth-order valence-electron chi connectivity index (χ4n) is 3.09. The highest BCUT2D eigenvalue weighted by Gasteiger charge is 2.26. The summed E-state index contributed by atoms with van der Waals surface area (Å²) in [6.07, 6.45) is 0.884. The Morgan fingerprint density at radius 1 is 1.19 bits per heavy atom. The Bertz CT molecular complexity index is 954.